The molecule has 20 heavy (non-hydrogen) atoms. The highest BCUT2D eigenvalue weighted by molar-refractivity contribution is 8.01. The van der Waals surface area contributed by atoms with Crippen LogP contribution in [0.3, 0.4) is 0 Å². The number of carbonyl (C=O) groups is 2. The summed E-state index contributed by atoms with van der Waals surface area (Å²) in [5, 5.41) is 8.98. The normalized spacial score (nSPS) is 25.4. The molecule has 6 heteroatoms. The summed E-state index contributed by atoms with van der Waals surface area (Å²) in [4.78, 5) is 25.3. The molecule has 1 saturated heterocycles. The number of nitrogens with zero attached hydrogens (tertiary/aromatic N) is 1. The molecule has 3 atom stereocenters. The minimum Gasteiger partial charge on any atom is -0.480 e. The molecule has 1 rings (SSSR count). The maximum absolute atomic E-state index is 12.4. The third-order valence-corrected chi connectivity index (χ3v) is 5.45. The van der Waals surface area contributed by atoms with Crippen LogP contribution in [0.4, 0.5) is 0 Å². The minimum atomic E-state index is -1.03. The number of thioether (sulfide) groups is 1. The molecule has 0 saturated carbocycles. The Balaban J connectivity index is 2.60. The van der Waals surface area contributed by atoms with E-state index < -0.39 is 16.8 Å². The molecule has 1 amide bonds. The van der Waals surface area contributed by atoms with Gasteiger partial charge in [-0.3, -0.25) is 9.59 Å². The van der Waals surface area contributed by atoms with Gasteiger partial charge in [0.25, 0.3) is 0 Å². The highest BCUT2D eigenvalue weighted by Gasteiger charge is 2.35. The van der Waals surface area contributed by atoms with Crippen LogP contribution in [-0.4, -0.2) is 50.5 Å². The Hall–Kier alpha value is -0.750. The van der Waals surface area contributed by atoms with Crippen LogP contribution in [0.2, 0.25) is 0 Å². The second-order valence-corrected chi connectivity index (χ2v) is 7.77. The number of hydrogen-bond donors (Lipinski definition) is 2. The summed E-state index contributed by atoms with van der Waals surface area (Å²) < 4.78 is -0.663. The summed E-state index contributed by atoms with van der Waals surface area (Å²) in [5.41, 5.74) is 5.67. The van der Waals surface area contributed by atoms with Gasteiger partial charge in [-0.05, 0) is 47.0 Å². The third kappa shape index (κ3) is 4.12. The lowest BCUT2D eigenvalue weighted by atomic mass is 9.98. The molecular weight excluding hydrogens is 276 g/mol. The van der Waals surface area contributed by atoms with E-state index in [2.05, 4.69) is 13.8 Å². The zero-order valence-electron chi connectivity index (χ0n) is 12.8. The van der Waals surface area contributed by atoms with Gasteiger partial charge >= 0.3 is 5.97 Å². The molecule has 1 heterocycles. The summed E-state index contributed by atoms with van der Waals surface area (Å²) in [6.45, 7) is 7.69. The number of carboxylic acid groups (broad SMARTS) is 1. The fraction of sp³-hybridized carbons (Fsp3) is 0.857. The molecule has 0 aliphatic carbocycles. The first-order chi connectivity index (χ1) is 9.16. The third-order valence-electron chi connectivity index (χ3n) is 4.06. The van der Waals surface area contributed by atoms with Crippen molar-refractivity contribution in [2.24, 2.45) is 5.73 Å². The van der Waals surface area contributed by atoms with Gasteiger partial charge < -0.3 is 15.7 Å². The standard InChI is InChI=1S/C14H26N2O3S/c1-9-6-5-7-10(2)16(9)11(17)8-20-14(3,4)12(15)13(18)19/h9-10,12H,5-8,15H2,1-4H3,(H,18,19)/t9?,10?,12-/m0/s1. The summed E-state index contributed by atoms with van der Waals surface area (Å²) in [6, 6.07) is -0.442. The van der Waals surface area contributed by atoms with Gasteiger partial charge in [0.2, 0.25) is 5.91 Å². The van der Waals surface area contributed by atoms with Crippen LogP contribution in [0, 0.1) is 0 Å². The maximum Gasteiger partial charge on any atom is 0.321 e. The summed E-state index contributed by atoms with van der Waals surface area (Å²) in [5.74, 6) is -0.669. The zero-order chi connectivity index (χ0) is 15.5. The Bertz CT molecular complexity index is 363. The van der Waals surface area contributed by atoms with Crippen molar-refractivity contribution < 1.29 is 14.7 Å². The van der Waals surface area contributed by atoms with E-state index in [-0.39, 0.29) is 23.7 Å². The van der Waals surface area contributed by atoms with Gasteiger partial charge in [0.05, 0.1) is 5.75 Å². The topological polar surface area (TPSA) is 83.6 Å². The summed E-state index contributed by atoms with van der Waals surface area (Å²) in [7, 11) is 0. The number of hydrogen-bond acceptors (Lipinski definition) is 4. The molecule has 0 aromatic rings. The molecular formula is C14H26N2O3S. The number of aliphatic carboxylic acids is 1. The van der Waals surface area contributed by atoms with E-state index in [9.17, 15) is 9.59 Å². The van der Waals surface area contributed by atoms with E-state index in [0.717, 1.165) is 19.3 Å². The van der Waals surface area contributed by atoms with E-state index in [1.807, 2.05) is 4.90 Å². The van der Waals surface area contributed by atoms with Crippen molar-refractivity contribution in [2.45, 2.75) is 69.8 Å². The van der Waals surface area contributed by atoms with Gasteiger partial charge in [0, 0.05) is 16.8 Å². The molecule has 1 fully saturated rings. The quantitative estimate of drug-likeness (QED) is 0.807. The first-order valence-electron chi connectivity index (χ1n) is 7.10. The van der Waals surface area contributed by atoms with Gasteiger partial charge in [0.1, 0.15) is 6.04 Å². The van der Waals surface area contributed by atoms with Crippen molar-refractivity contribution in [3.63, 3.8) is 0 Å². The lowest BCUT2D eigenvalue weighted by Crippen LogP contribution is -2.50. The Labute approximate surface area is 125 Å². The van der Waals surface area contributed by atoms with E-state index in [4.69, 9.17) is 10.8 Å². The van der Waals surface area contributed by atoms with E-state index in [1.165, 1.54) is 11.8 Å². The van der Waals surface area contributed by atoms with E-state index >= 15 is 0 Å². The maximum atomic E-state index is 12.4. The number of amides is 1. The fourth-order valence-corrected chi connectivity index (χ4v) is 3.55. The lowest BCUT2D eigenvalue weighted by molar-refractivity contribution is -0.139. The average molecular weight is 302 g/mol. The first-order valence-corrected chi connectivity index (χ1v) is 8.09. The fourth-order valence-electron chi connectivity index (χ4n) is 2.62. The summed E-state index contributed by atoms with van der Waals surface area (Å²) in [6.07, 6.45) is 3.24. The van der Waals surface area contributed by atoms with Crippen LogP contribution in [0.25, 0.3) is 0 Å². The zero-order valence-corrected chi connectivity index (χ0v) is 13.6. The number of rotatable bonds is 5. The van der Waals surface area contributed by atoms with Crippen molar-refractivity contribution in [2.75, 3.05) is 5.75 Å². The molecule has 116 valence electrons. The number of carbonyl (C=O) groups excluding carboxylic acids is 1. The highest BCUT2D eigenvalue weighted by Crippen LogP contribution is 2.29. The molecule has 0 spiro atoms. The molecule has 0 radical (unpaired) electrons. The SMILES string of the molecule is CC1CCCC(C)N1C(=O)CSC(C)(C)[C@@H](N)C(=O)O. The molecule has 0 aromatic carbocycles. The Morgan fingerprint density at radius 2 is 1.85 bits per heavy atom. The molecule has 0 aromatic heterocycles. The number of piperidine rings is 1. The second-order valence-electron chi connectivity index (χ2n) is 6.14. The Kier molecular flexibility index (Phi) is 5.89. The van der Waals surface area contributed by atoms with Crippen molar-refractivity contribution in [1.82, 2.24) is 4.90 Å². The van der Waals surface area contributed by atoms with Crippen LogP contribution >= 0.6 is 11.8 Å². The number of nitrogens with two attached hydrogens (primary N) is 1. The van der Waals surface area contributed by atoms with Crippen LogP contribution in [0.1, 0.15) is 47.0 Å². The van der Waals surface area contributed by atoms with Gasteiger partial charge in [-0.25, -0.2) is 0 Å². The van der Waals surface area contributed by atoms with Crippen molar-refractivity contribution in [1.29, 1.82) is 0 Å². The predicted molar refractivity (Wildman–Crippen MR) is 81.8 cm³/mol. The summed E-state index contributed by atoms with van der Waals surface area (Å²) >= 11 is 1.32. The van der Waals surface area contributed by atoms with Crippen molar-refractivity contribution in [3.05, 3.63) is 0 Å². The van der Waals surface area contributed by atoms with Crippen LogP contribution in [-0.2, 0) is 9.59 Å². The molecule has 1 aliphatic rings. The molecule has 3 N–H and O–H groups in total. The van der Waals surface area contributed by atoms with E-state index in [0.29, 0.717) is 0 Å². The average Bonchev–Trinajstić information content (AvgIpc) is 2.35. The lowest BCUT2D eigenvalue weighted by Gasteiger charge is -2.39. The van der Waals surface area contributed by atoms with Gasteiger partial charge in [-0.2, -0.15) is 0 Å². The van der Waals surface area contributed by atoms with Crippen molar-refractivity contribution >= 4 is 23.6 Å². The number of likely N-dealkylation sites (tertiary alicyclic amines) is 1. The van der Waals surface area contributed by atoms with E-state index in [1.54, 1.807) is 13.8 Å². The van der Waals surface area contributed by atoms with Crippen LogP contribution in [0.5, 0.6) is 0 Å². The minimum absolute atomic E-state index is 0.0837. The van der Waals surface area contributed by atoms with Crippen LogP contribution < -0.4 is 5.73 Å². The molecule has 0 bridgehead atoms. The Morgan fingerprint density at radius 1 is 1.35 bits per heavy atom. The number of carboxylic acids is 1. The molecule has 1 aliphatic heterocycles. The largest absolute Gasteiger partial charge is 0.480 e. The van der Waals surface area contributed by atoms with Gasteiger partial charge in [-0.15, -0.1) is 11.8 Å². The predicted octanol–water partition coefficient (Wildman–Crippen LogP) is 1.70. The highest BCUT2D eigenvalue weighted by atomic mass is 32.2. The molecule has 5 nitrogen and oxygen atoms in total. The monoisotopic (exact) mass is 302 g/mol. The van der Waals surface area contributed by atoms with Crippen LogP contribution in [0.15, 0.2) is 0 Å². The first kappa shape index (κ1) is 17.3. The molecule has 2 unspecified atom stereocenters. The van der Waals surface area contributed by atoms with Crippen molar-refractivity contribution in [3.8, 4) is 0 Å². The second kappa shape index (κ2) is 6.80. The smallest absolute Gasteiger partial charge is 0.321 e. The van der Waals surface area contributed by atoms with Gasteiger partial charge in [0.15, 0.2) is 0 Å². The Morgan fingerprint density at radius 3 is 2.30 bits per heavy atom. The van der Waals surface area contributed by atoms with Gasteiger partial charge in [-0.1, -0.05) is 0 Å².